The summed E-state index contributed by atoms with van der Waals surface area (Å²) in [5, 5.41) is 24.4. The molecule has 4 N–H and O–H groups in total. The fourth-order valence-corrected chi connectivity index (χ4v) is 22.0. The van der Waals surface area contributed by atoms with E-state index in [9.17, 15) is 55.3 Å². The first kappa shape index (κ1) is 58.7. The minimum absolute atomic E-state index is 0.0199. The average molecular weight is 1100 g/mol. The lowest BCUT2D eigenvalue weighted by molar-refractivity contribution is -0.170. The minimum Gasteiger partial charge on any atom is -0.393 e. The standard InChI is InChI=1S/C60H98N2O12S2/c1-37-9-7-23-61(25-27-75(69,70)71)53(67)36-54(68)62(26-28-76(72,73)74)24-8-10-38(2)46-12-14-48-56-50(18-22-60(46,48)6)58(4)20-16-40(30-42(58)34-52(56)66)32-44(64)35-43(63)31-39-15-19-57(3)41(29-39)33-51(65)55-47-13-11-45(37)59(47,5)21-17-49(55)57/h37-42,45-52,55-56,65-66H,7-36H2,1-6H3,(H,69,70,71)(H,72,73,74)/t37-,38-,39-,40+,41?,42?,45+,46+,47+,48-,49+,50-,51+,52-,55+,56-,57+,58-,59-,60+/m0/s1. The predicted octanol–water partition coefficient (Wildman–Crippen LogP) is 9.46. The Morgan fingerprint density at radius 1 is 0.474 bits per heavy atom. The van der Waals surface area contributed by atoms with Gasteiger partial charge in [0.2, 0.25) is 11.8 Å². The lowest BCUT2D eigenvalue weighted by Gasteiger charge is -2.62. The van der Waals surface area contributed by atoms with Gasteiger partial charge in [0, 0.05) is 39.0 Å². The molecule has 8 saturated carbocycles. The normalized spacial score (nSPS) is 46.4. The number of rotatable bonds is 6. The van der Waals surface area contributed by atoms with E-state index >= 15 is 0 Å². The second-order valence-corrected chi connectivity index (χ2v) is 31.9. The van der Waals surface area contributed by atoms with Crippen LogP contribution in [0.4, 0.5) is 0 Å². The van der Waals surface area contributed by atoms with Crippen LogP contribution in [0.15, 0.2) is 0 Å². The molecule has 0 aromatic heterocycles. The van der Waals surface area contributed by atoms with Gasteiger partial charge in [0.15, 0.2) is 0 Å². The second-order valence-electron chi connectivity index (χ2n) is 28.7. The summed E-state index contributed by atoms with van der Waals surface area (Å²) in [5.41, 5.74) is 0.234. The molecular formula is C60H98N2O12S2. The van der Waals surface area contributed by atoms with Crippen molar-refractivity contribution in [2.45, 2.75) is 208 Å². The molecule has 14 nitrogen and oxygen atoms in total. The van der Waals surface area contributed by atoms with Gasteiger partial charge in [-0.2, -0.15) is 16.8 Å². The van der Waals surface area contributed by atoms with Crippen LogP contribution < -0.4 is 0 Å². The largest absolute Gasteiger partial charge is 0.393 e. The Kier molecular flexibility index (Phi) is 17.3. The average Bonchev–Trinajstić information content (AvgIpc) is 3.89. The molecule has 13 bridgehead atoms. The summed E-state index contributed by atoms with van der Waals surface area (Å²) >= 11 is 0. The number of Topliss-reactive ketones (excluding diaryl/α,β-unsaturated/α-hetero) is 2. The highest BCUT2D eigenvalue weighted by atomic mass is 32.2. The van der Waals surface area contributed by atoms with Crippen LogP contribution in [0.3, 0.4) is 0 Å². The molecule has 432 valence electrons. The molecular weight excluding hydrogens is 1000 g/mol. The Bertz CT molecular complexity index is 2220. The van der Waals surface area contributed by atoms with Gasteiger partial charge in [-0.05, 0) is 233 Å². The van der Waals surface area contributed by atoms with Crippen LogP contribution in [0.2, 0.25) is 0 Å². The Morgan fingerprint density at radius 3 is 1.21 bits per heavy atom. The third-order valence-electron chi connectivity index (χ3n) is 25.0. The molecule has 12 fully saturated rings. The number of carbonyl (C=O) groups is 4. The summed E-state index contributed by atoms with van der Waals surface area (Å²) in [6, 6.07) is 0. The zero-order valence-corrected chi connectivity index (χ0v) is 48.8. The number of aliphatic hydroxyl groups excluding tert-OH is 2. The molecule has 8 aliphatic carbocycles. The van der Waals surface area contributed by atoms with Crippen molar-refractivity contribution >= 4 is 43.6 Å². The van der Waals surface area contributed by atoms with Crippen molar-refractivity contribution in [1.82, 2.24) is 9.80 Å². The molecule has 0 spiro atoms. The number of hydrogen-bond acceptors (Lipinski definition) is 10. The molecule has 20 atom stereocenters. The van der Waals surface area contributed by atoms with E-state index in [1.165, 1.54) is 9.80 Å². The van der Waals surface area contributed by atoms with E-state index in [0.717, 1.165) is 116 Å². The van der Waals surface area contributed by atoms with E-state index in [0.29, 0.717) is 73.0 Å². The maximum atomic E-state index is 14.1. The second kappa shape index (κ2) is 22.4. The van der Waals surface area contributed by atoms with E-state index in [2.05, 4.69) is 41.5 Å². The molecule has 0 aromatic carbocycles. The van der Waals surface area contributed by atoms with Crippen molar-refractivity contribution in [2.24, 2.45) is 105 Å². The summed E-state index contributed by atoms with van der Waals surface area (Å²) in [7, 11) is -8.86. The van der Waals surface area contributed by atoms with Crippen molar-refractivity contribution in [1.29, 1.82) is 0 Å². The lowest BCUT2D eigenvalue weighted by atomic mass is 9.43. The quantitative estimate of drug-likeness (QED) is 0.144. The third kappa shape index (κ3) is 11.7. The fourth-order valence-electron chi connectivity index (χ4n) is 21.1. The highest BCUT2D eigenvalue weighted by Gasteiger charge is 2.65. The van der Waals surface area contributed by atoms with Gasteiger partial charge in [-0.3, -0.25) is 28.3 Å². The maximum absolute atomic E-state index is 14.1. The van der Waals surface area contributed by atoms with Crippen LogP contribution in [-0.4, -0.2) is 119 Å². The highest BCUT2D eigenvalue weighted by molar-refractivity contribution is 7.86. The predicted molar refractivity (Wildman–Crippen MR) is 291 cm³/mol. The van der Waals surface area contributed by atoms with Crippen LogP contribution in [0, 0.1) is 105 Å². The van der Waals surface area contributed by atoms with Gasteiger partial charge in [-0.15, -0.1) is 0 Å². The van der Waals surface area contributed by atoms with E-state index in [1.54, 1.807) is 0 Å². The SMILES string of the molecule is C[C@H]1CCCN(CCS(=O)(=O)O)C(=O)CC(=O)N(CCS(=O)(=O)O)CCC[C@H](C)[C@H]2CC[C@H]3[C@@H]4[C@@H](O)CC5C[C@@H](CC[C@]5(C)[C@H]4CC[C@]23C)CC(=O)CC(=O)C[C@H]2CC[C@]3(C)C(C2)C[C@@H](O)[C@@H]2[C@H]4CC[C@H]1[C@]4(C)CC[C@H]23. The Labute approximate surface area is 456 Å². The van der Waals surface area contributed by atoms with Gasteiger partial charge in [0.05, 0.1) is 30.1 Å². The molecule has 2 unspecified atom stereocenters. The molecule has 12 aliphatic rings. The molecule has 4 aliphatic heterocycles. The number of ketones is 2. The first-order chi connectivity index (χ1) is 35.6. The van der Waals surface area contributed by atoms with E-state index < -0.39 is 62.2 Å². The summed E-state index contributed by atoms with van der Waals surface area (Å²) in [5.74, 6) is 2.10. The Balaban J connectivity index is 0.936. The van der Waals surface area contributed by atoms with Gasteiger partial charge in [-0.25, -0.2) is 0 Å². The first-order valence-electron chi connectivity index (χ1n) is 30.5. The number of amides is 2. The van der Waals surface area contributed by atoms with Crippen LogP contribution in [0.5, 0.6) is 0 Å². The monoisotopic (exact) mass is 1100 g/mol. The van der Waals surface area contributed by atoms with Crippen LogP contribution in [0.25, 0.3) is 0 Å². The molecule has 0 aromatic rings. The smallest absolute Gasteiger partial charge is 0.266 e. The summed E-state index contributed by atoms with van der Waals surface area (Å²) in [6.45, 7) is 14.1. The zero-order valence-electron chi connectivity index (χ0n) is 47.2. The molecule has 76 heavy (non-hydrogen) atoms. The van der Waals surface area contributed by atoms with Crippen LogP contribution in [0.1, 0.15) is 196 Å². The highest BCUT2D eigenvalue weighted by Crippen LogP contribution is 2.71. The zero-order chi connectivity index (χ0) is 54.9. The number of nitrogens with zero attached hydrogens (tertiary/aromatic N) is 2. The van der Waals surface area contributed by atoms with E-state index in [4.69, 9.17) is 0 Å². The van der Waals surface area contributed by atoms with Crippen molar-refractivity contribution in [2.75, 3.05) is 37.7 Å². The number of hydrogen-bond donors (Lipinski definition) is 4. The van der Waals surface area contributed by atoms with Crippen LogP contribution in [-0.2, 0) is 39.4 Å². The Morgan fingerprint density at radius 2 is 0.829 bits per heavy atom. The maximum Gasteiger partial charge on any atom is 0.266 e. The number of carbonyl (C=O) groups excluding carboxylic acids is 4. The van der Waals surface area contributed by atoms with Gasteiger partial charge in [0.1, 0.15) is 18.0 Å². The van der Waals surface area contributed by atoms with Crippen LogP contribution >= 0.6 is 0 Å². The third-order valence-corrected chi connectivity index (χ3v) is 26.3. The van der Waals surface area contributed by atoms with Gasteiger partial charge in [-0.1, -0.05) is 41.5 Å². The lowest BCUT2D eigenvalue weighted by Crippen LogP contribution is -2.58. The van der Waals surface area contributed by atoms with E-state index in [-0.39, 0.29) is 101 Å². The van der Waals surface area contributed by atoms with Gasteiger partial charge in [0.25, 0.3) is 20.2 Å². The van der Waals surface area contributed by atoms with E-state index in [1.807, 2.05) is 0 Å². The first-order valence-corrected chi connectivity index (χ1v) is 33.7. The fraction of sp³-hybridized carbons (Fsp3) is 0.933. The van der Waals surface area contributed by atoms with Crippen molar-refractivity contribution < 1.29 is 55.3 Å². The van der Waals surface area contributed by atoms with Gasteiger partial charge < -0.3 is 20.0 Å². The molecule has 16 heteroatoms. The van der Waals surface area contributed by atoms with Crippen molar-refractivity contribution in [3.63, 3.8) is 0 Å². The summed E-state index contributed by atoms with van der Waals surface area (Å²) in [4.78, 5) is 58.3. The number of aliphatic hydroxyl groups is 2. The molecule has 12 rings (SSSR count). The van der Waals surface area contributed by atoms with Crippen molar-refractivity contribution in [3.05, 3.63) is 0 Å². The molecule has 0 radical (unpaired) electrons. The molecule has 2 amide bonds. The number of fused-ring (bicyclic) bond motifs is 2. The topological polar surface area (TPSA) is 224 Å². The Hall–Kier alpha value is -1.98. The summed E-state index contributed by atoms with van der Waals surface area (Å²) in [6.07, 6.45) is 18.0. The summed E-state index contributed by atoms with van der Waals surface area (Å²) < 4.78 is 67.6. The van der Waals surface area contributed by atoms with Crippen molar-refractivity contribution in [3.8, 4) is 0 Å². The molecule has 4 heterocycles. The van der Waals surface area contributed by atoms with Gasteiger partial charge >= 0.3 is 0 Å². The minimum atomic E-state index is -4.43. The molecule has 4 saturated heterocycles.